The van der Waals surface area contributed by atoms with Gasteiger partial charge in [-0.15, -0.1) is 0 Å². The van der Waals surface area contributed by atoms with Crippen LogP contribution >= 0.6 is 0 Å². The minimum atomic E-state index is -0.373. The van der Waals surface area contributed by atoms with Gasteiger partial charge < -0.3 is 19.5 Å². The highest BCUT2D eigenvalue weighted by atomic mass is 16.6. The van der Waals surface area contributed by atoms with E-state index in [1.165, 1.54) is 0 Å². The van der Waals surface area contributed by atoms with Crippen molar-refractivity contribution in [1.29, 1.82) is 0 Å². The predicted molar refractivity (Wildman–Crippen MR) is 59.3 cm³/mol. The number of ether oxygens (including phenoxy) is 3. The topological polar surface area (TPSA) is 56.8 Å². The first kappa shape index (κ1) is 10.3. The minimum Gasteiger partial charge on any atom is -0.490 e. The van der Waals surface area contributed by atoms with Crippen LogP contribution < -0.4 is 14.8 Å². The second-order valence-corrected chi connectivity index (χ2v) is 4.05. The van der Waals surface area contributed by atoms with E-state index in [2.05, 4.69) is 5.32 Å². The van der Waals surface area contributed by atoms with E-state index in [4.69, 9.17) is 14.2 Å². The van der Waals surface area contributed by atoms with Crippen LogP contribution in [0, 0.1) is 0 Å². The minimum absolute atomic E-state index is 0.0975. The van der Waals surface area contributed by atoms with Crippen molar-refractivity contribution in [2.45, 2.75) is 12.5 Å². The van der Waals surface area contributed by atoms with Crippen molar-refractivity contribution < 1.29 is 19.0 Å². The van der Waals surface area contributed by atoms with Gasteiger partial charge in [-0.25, -0.2) is 4.79 Å². The number of hydrogen-bond acceptors (Lipinski definition) is 4. The molecule has 1 unspecified atom stereocenters. The van der Waals surface area contributed by atoms with Gasteiger partial charge >= 0.3 is 6.09 Å². The summed E-state index contributed by atoms with van der Waals surface area (Å²) in [5, 5.41) is 2.74. The van der Waals surface area contributed by atoms with E-state index in [1.807, 2.05) is 18.2 Å². The van der Waals surface area contributed by atoms with Gasteiger partial charge in [0.15, 0.2) is 11.5 Å². The van der Waals surface area contributed by atoms with E-state index in [1.54, 1.807) is 0 Å². The van der Waals surface area contributed by atoms with Crippen molar-refractivity contribution in [3.8, 4) is 11.5 Å². The fourth-order valence-electron chi connectivity index (χ4n) is 1.96. The van der Waals surface area contributed by atoms with Crippen molar-refractivity contribution in [2.24, 2.45) is 0 Å². The molecule has 0 aliphatic carbocycles. The average Bonchev–Trinajstić information content (AvgIpc) is 2.64. The quantitative estimate of drug-likeness (QED) is 0.803. The summed E-state index contributed by atoms with van der Waals surface area (Å²) in [6.07, 6.45) is 0.509. The summed E-state index contributed by atoms with van der Waals surface area (Å²) < 4.78 is 16.0. The molecule has 1 aromatic rings. The molecule has 90 valence electrons. The smallest absolute Gasteiger partial charge is 0.407 e. The summed E-state index contributed by atoms with van der Waals surface area (Å²) in [5.41, 5.74) is 0.972. The van der Waals surface area contributed by atoms with Crippen LogP contribution in [0.5, 0.6) is 11.5 Å². The molecule has 0 aromatic heterocycles. The number of cyclic esters (lactones) is 1. The van der Waals surface area contributed by atoms with Crippen LogP contribution in [0.15, 0.2) is 18.2 Å². The van der Waals surface area contributed by atoms with Crippen LogP contribution in [-0.4, -0.2) is 25.9 Å². The standard InChI is InChI=1S/C12H13NO4/c14-12-13-9(7-17-12)8-2-3-10-11(6-8)16-5-1-4-15-10/h2-3,6,9H,1,4-5,7H2,(H,13,14). The summed E-state index contributed by atoms with van der Waals surface area (Å²) in [7, 11) is 0. The highest BCUT2D eigenvalue weighted by Gasteiger charge is 2.25. The largest absolute Gasteiger partial charge is 0.490 e. The number of amides is 1. The Balaban J connectivity index is 1.87. The van der Waals surface area contributed by atoms with Crippen LogP contribution in [0.2, 0.25) is 0 Å². The Hall–Kier alpha value is -1.91. The molecule has 1 atom stereocenters. The molecule has 0 radical (unpaired) electrons. The van der Waals surface area contributed by atoms with Crippen molar-refractivity contribution in [3.05, 3.63) is 23.8 Å². The molecular weight excluding hydrogens is 222 g/mol. The van der Waals surface area contributed by atoms with E-state index in [-0.39, 0.29) is 12.1 Å². The van der Waals surface area contributed by atoms with Gasteiger partial charge in [-0.3, -0.25) is 0 Å². The zero-order valence-electron chi connectivity index (χ0n) is 9.27. The van der Waals surface area contributed by atoms with Gasteiger partial charge in [-0.1, -0.05) is 6.07 Å². The molecule has 0 saturated carbocycles. The predicted octanol–water partition coefficient (Wildman–Crippen LogP) is 1.63. The third kappa shape index (κ3) is 2.00. The fraction of sp³-hybridized carbons (Fsp3) is 0.417. The Bertz CT molecular complexity index is 446. The molecule has 5 heteroatoms. The van der Waals surface area contributed by atoms with E-state index in [9.17, 15) is 4.79 Å². The lowest BCUT2D eigenvalue weighted by molar-refractivity contribution is 0.177. The van der Waals surface area contributed by atoms with Crippen molar-refractivity contribution in [2.75, 3.05) is 19.8 Å². The molecule has 2 heterocycles. The first-order valence-electron chi connectivity index (χ1n) is 5.66. The third-order valence-electron chi connectivity index (χ3n) is 2.85. The maximum absolute atomic E-state index is 11.0. The van der Waals surface area contributed by atoms with Crippen LogP contribution in [0.25, 0.3) is 0 Å². The number of alkyl carbamates (subject to hydrolysis) is 1. The number of hydrogen-bond donors (Lipinski definition) is 1. The Labute approximate surface area is 98.7 Å². The number of benzene rings is 1. The molecule has 0 spiro atoms. The Morgan fingerprint density at radius 3 is 2.71 bits per heavy atom. The number of fused-ring (bicyclic) bond motifs is 1. The number of carbonyl (C=O) groups is 1. The monoisotopic (exact) mass is 235 g/mol. The summed E-state index contributed by atoms with van der Waals surface area (Å²) in [6.45, 7) is 1.69. The van der Waals surface area contributed by atoms with Gasteiger partial charge in [0.25, 0.3) is 0 Å². The molecular formula is C12H13NO4. The highest BCUT2D eigenvalue weighted by molar-refractivity contribution is 5.70. The zero-order chi connectivity index (χ0) is 11.7. The summed E-state index contributed by atoms with van der Waals surface area (Å²) in [5.74, 6) is 1.50. The molecule has 3 rings (SSSR count). The number of rotatable bonds is 1. The molecule has 1 amide bonds. The Morgan fingerprint density at radius 1 is 1.12 bits per heavy atom. The molecule has 1 saturated heterocycles. The van der Waals surface area contributed by atoms with E-state index in [0.717, 1.165) is 23.5 Å². The molecule has 2 aliphatic rings. The summed E-state index contributed by atoms with van der Waals surface area (Å²) in [4.78, 5) is 11.0. The first-order valence-corrected chi connectivity index (χ1v) is 5.66. The number of nitrogens with one attached hydrogen (secondary N) is 1. The van der Waals surface area contributed by atoms with Gasteiger partial charge in [0.1, 0.15) is 6.61 Å². The van der Waals surface area contributed by atoms with E-state index < -0.39 is 0 Å². The van der Waals surface area contributed by atoms with Crippen LogP contribution in [0.4, 0.5) is 4.79 Å². The van der Waals surface area contributed by atoms with Crippen LogP contribution in [0.1, 0.15) is 18.0 Å². The molecule has 1 N–H and O–H groups in total. The summed E-state index contributed by atoms with van der Waals surface area (Å²) >= 11 is 0. The van der Waals surface area contributed by atoms with Gasteiger partial charge in [0.2, 0.25) is 0 Å². The molecule has 0 bridgehead atoms. The third-order valence-corrected chi connectivity index (χ3v) is 2.85. The van der Waals surface area contributed by atoms with Crippen molar-refractivity contribution in [3.63, 3.8) is 0 Å². The second kappa shape index (κ2) is 4.16. The van der Waals surface area contributed by atoms with Gasteiger partial charge in [-0.2, -0.15) is 0 Å². The lowest BCUT2D eigenvalue weighted by atomic mass is 10.1. The summed E-state index contributed by atoms with van der Waals surface area (Å²) in [6, 6.07) is 5.60. The highest BCUT2D eigenvalue weighted by Crippen LogP contribution is 2.33. The van der Waals surface area contributed by atoms with Crippen molar-refractivity contribution in [1.82, 2.24) is 5.32 Å². The van der Waals surface area contributed by atoms with Crippen molar-refractivity contribution >= 4 is 6.09 Å². The normalized spacial score (nSPS) is 22.6. The lowest BCUT2D eigenvalue weighted by Crippen LogP contribution is -2.18. The molecule has 2 aliphatic heterocycles. The zero-order valence-corrected chi connectivity index (χ0v) is 9.27. The second-order valence-electron chi connectivity index (χ2n) is 4.05. The number of carbonyl (C=O) groups excluding carboxylic acids is 1. The van der Waals surface area contributed by atoms with Crippen LogP contribution in [-0.2, 0) is 4.74 Å². The van der Waals surface area contributed by atoms with Crippen LogP contribution in [0.3, 0.4) is 0 Å². The lowest BCUT2D eigenvalue weighted by Gasteiger charge is -2.12. The van der Waals surface area contributed by atoms with Gasteiger partial charge in [0, 0.05) is 6.42 Å². The van der Waals surface area contributed by atoms with Gasteiger partial charge in [0.05, 0.1) is 19.3 Å². The first-order chi connectivity index (χ1) is 8.33. The Morgan fingerprint density at radius 2 is 1.94 bits per heavy atom. The van der Waals surface area contributed by atoms with E-state index in [0.29, 0.717) is 19.8 Å². The molecule has 5 nitrogen and oxygen atoms in total. The maximum Gasteiger partial charge on any atom is 0.407 e. The molecule has 1 fully saturated rings. The molecule has 1 aromatic carbocycles. The molecule has 17 heavy (non-hydrogen) atoms. The maximum atomic E-state index is 11.0. The SMILES string of the molecule is O=C1NC(c2ccc3c(c2)OCCCO3)CO1. The average molecular weight is 235 g/mol. The van der Waals surface area contributed by atoms with Gasteiger partial charge in [-0.05, 0) is 17.7 Å². The Kier molecular flexibility index (Phi) is 2.51. The van der Waals surface area contributed by atoms with E-state index >= 15 is 0 Å². The fourth-order valence-corrected chi connectivity index (χ4v) is 1.96.